The maximum Gasteiger partial charge on any atom is 0.387 e. The van der Waals surface area contributed by atoms with Crippen LogP contribution in [0, 0.1) is 17.0 Å². The minimum absolute atomic E-state index is 0.0587. The molecule has 0 saturated heterocycles. The van der Waals surface area contributed by atoms with Gasteiger partial charge in [0.15, 0.2) is 17.2 Å². The summed E-state index contributed by atoms with van der Waals surface area (Å²) in [6, 6.07) is 4.32. The standard InChI is InChI=1S/C15H14F2N2O5/c1-3-22-13-8-10(5-7-12(13)23-15(16)17)4-6-11-14(19(20)21)9(2)24-18-11/h4-8,15H,3H2,1-2H3. The average Bonchev–Trinajstić information content (AvgIpc) is 2.88. The molecule has 0 aliphatic carbocycles. The van der Waals surface area contributed by atoms with E-state index in [1.165, 1.54) is 37.3 Å². The number of aromatic nitrogens is 1. The van der Waals surface area contributed by atoms with Crippen molar-refractivity contribution in [1.82, 2.24) is 5.16 Å². The molecule has 1 heterocycles. The van der Waals surface area contributed by atoms with Gasteiger partial charge in [-0.2, -0.15) is 8.78 Å². The monoisotopic (exact) mass is 340 g/mol. The normalized spacial score (nSPS) is 11.2. The molecule has 0 unspecified atom stereocenters. The quantitative estimate of drug-likeness (QED) is 0.558. The van der Waals surface area contributed by atoms with Gasteiger partial charge in [0.05, 0.1) is 11.5 Å². The summed E-state index contributed by atoms with van der Waals surface area (Å²) in [4.78, 5) is 10.4. The second kappa shape index (κ2) is 7.53. The van der Waals surface area contributed by atoms with Crippen molar-refractivity contribution in [3.63, 3.8) is 0 Å². The van der Waals surface area contributed by atoms with E-state index < -0.39 is 11.5 Å². The van der Waals surface area contributed by atoms with Crippen LogP contribution < -0.4 is 9.47 Å². The van der Waals surface area contributed by atoms with Gasteiger partial charge in [0.25, 0.3) is 0 Å². The van der Waals surface area contributed by atoms with Crippen molar-refractivity contribution >= 4 is 17.8 Å². The molecule has 24 heavy (non-hydrogen) atoms. The number of hydrogen-bond donors (Lipinski definition) is 0. The molecule has 2 rings (SSSR count). The van der Waals surface area contributed by atoms with E-state index in [1.807, 2.05) is 0 Å². The fourth-order valence-corrected chi connectivity index (χ4v) is 1.98. The summed E-state index contributed by atoms with van der Waals surface area (Å²) in [7, 11) is 0. The highest BCUT2D eigenvalue weighted by Gasteiger charge is 2.21. The number of alkyl halides is 2. The second-order valence-electron chi connectivity index (χ2n) is 4.58. The minimum atomic E-state index is -2.97. The first-order chi connectivity index (χ1) is 11.4. The molecule has 0 fully saturated rings. The second-order valence-corrected chi connectivity index (χ2v) is 4.58. The number of nitrogens with zero attached hydrogens (tertiary/aromatic N) is 2. The first kappa shape index (κ1) is 17.4. The topological polar surface area (TPSA) is 87.6 Å². The van der Waals surface area contributed by atoms with Crippen LogP contribution in [0.25, 0.3) is 12.2 Å². The number of aryl methyl sites for hydroxylation is 1. The fraction of sp³-hybridized carbons (Fsp3) is 0.267. The summed E-state index contributed by atoms with van der Waals surface area (Å²) in [5.41, 5.74) is 0.396. The predicted molar refractivity (Wildman–Crippen MR) is 81.1 cm³/mol. The molecule has 128 valence electrons. The molecule has 9 heteroatoms. The first-order valence-corrected chi connectivity index (χ1v) is 6.92. The molecule has 2 aromatic rings. The van der Waals surface area contributed by atoms with Crippen LogP contribution >= 0.6 is 0 Å². The van der Waals surface area contributed by atoms with Gasteiger partial charge in [-0.15, -0.1) is 0 Å². The Morgan fingerprint density at radius 1 is 1.38 bits per heavy atom. The Kier molecular flexibility index (Phi) is 5.46. The van der Waals surface area contributed by atoms with Crippen molar-refractivity contribution in [1.29, 1.82) is 0 Å². The predicted octanol–water partition coefficient (Wildman–Crippen LogP) is 4.06. The van der Waals surface area contributed by atoms with Gasteiger partial charge in [0, 0.05) is 6.92 Å². The largest absolute Gasteiger partial charge is 0.490 e. The van der Waals surface area contributed by atoms with Crippen molar-refractivity contribution in [3.05, 3.63) is 45.3 Å². The van der Waals surface area contributed by atoms with Gasteiger partial charge in [0.2, 0.25) is 5.76 Å². The van der Waals surface area contributed by atoms with E-state index in [4.69, 9.17) is 9.26 Å². The highest BCUT2D eigenvalue weighted by Crippen LogP contribution is 2.31. The summed E-state index contributed by atoms with van der Waals surface area (Å²) in [6.45, 7) is 0.439. The van der Waals surface area contributed by atoms with E-state index >= 15 is 0 Å². The maximum absolute atomic E-state index is 12.4. The summed E-state index contributed by atoms with van der Waals surface area (Å²) >= 11 is 0. The zero-order valence-electron chi connectivity index (χ0n) is 12.9. The summed E-state index contributed by atoms with van der Waals surface area (Å²) in [6.07, 6.45) is 2.92. The molecule has 0 spiro atoms. The molecule has 0 bridgehead atoms. The van der Waals surface area contributed by atoms with Crippen molar-refractivity contribution in [2.45, 2.75) is 20.5 Å². The third-order valence-electron chi connectivity index (χ3n) is 2.96. The van der Waals surface area contributed by atoms with Crippen LogP contribution in [-0.2, 0) is 0 Å². The van der Waals surface area contributed by atoms with Crippen molar-refractivity contribution < 1.29 is 27.7 Å². The third kappa shape index (κ3) is 4.06. The van der Waals surface area contributed by atoms with Crippen LogP contribution in [0.15, 0.2) is 22.7 Å². The highest BCUT2D eigenvalue weighted by molar-refractivity contribution is 5.73. The summed E-state index contributed by atoms with van der Waals surface area (Å²) in [5.74, 6) is 0.147. The zero-order chi connectivity index (χ0) is 17.7. The SMILES string of the molecule is CCOc1cc(C=Cc2noc(C)c2[N+](=O)[O-])ccc1OC(F)F. The first-order valence-electron chi connectivity index (χ1n) is 6.92. The van der Waals surface area contributed by atoms with E-state index in [1.54, 1.807) is 6.92 Å². The highest BCUT2D eigenvalue weighted by atomic mass is 19.3. The van der Waals surface area contributed by atoms with Gasteiger partial charge in [-0.05, 0) is 30.7 Å². The average molecular weight is 340 g/mol. The molecule has 0 aliphatic heterocycles. The lowest BCUT2D eigenvalue weighted by Crippen LogP contribution is -2.04. The number of hydrogen-bond acceptors (Lipinski definition) is 6. The molecule has 1 aromatic heterocycles. The number of halogens is 2. The van der Waals surface area contributed by atoms with Crippen LogP contribution in [0.5, 0.6) is 11.5 Å². The Bertz CT molecular complexity index is 758. The minimum Gasteiger partial charge on any atom is -0.490 e. The molecule has 0 aliphatic rings. The Labute approximate surface area is 135 Å². The number of nitro groups is 1. The molecular weight excluding hydrogens is 326 g/mol. The molecule has 7 nitrogen and oxygen atoms in total. The van der Waals surface area contributed by atoms with E-state index in [0.29, 0.717) is 5.56 Å². The zero-order valence-corrected chi connectivity index (χ0v) is 12.9. The maximum atomic E-state index is 12.4. The lowest BCUT2D eigenvalue weighted by molar-refractivity contribution is -0.386. The Balaban J connectivity index is 2.29. The van der Waals surface area contributed by atoms with E-state index in [0.717, 1.165) is 0 Å². The molecular formula is C15H14F2N2O5. The van der Waals surface area contributed by atoms with Gasteiger partial charge in [-0.1, -0.05) is 17.3 Å². The number of benzene rings is 1. The van der Waals surface area contributed by atoms with Gasteiger partial charge in [-0.25, -0.2) is 0 Å². The number of ether oxygens (including phenoxy) is 2. The van der Waals surface area contributed by atoms with Gasteiger partial charge >= 0.3 is 12.3 Å². The third-order valence-corrected chi connectivity index (χ3v) is 2.96. The Hall–Kier alpha value is -2.97. The molecule has 0 radical (unpaired) electrons. The van der Waals surface area contributed by atoms with Crippen LogP contribution in [0.4, 0.5) is 14.5 Å². The van der Waals surface area contributed by atoms with E-state index in [-0.39, 0.29) is 35.2 Å². The smallest absolute Gasteiger partial charge is 0.387 e. The van der Waals surface area contributed by atoms with Gasteiger partial charge in [0.1, 0.15) is 0 Å². The molecule has 0 saturated carbocycles. The molecule has 1 aromatic carbocycles. The van der Waals surface area contributed by atoms with Crippen LogP contribution in [0.1, 0.15) is 23.9 Å². The Morgan fingerprint density at radius 3 is 2.75 bits per heavy atom. The van der Waals surface area contributed by atoms with Crippen LogP contribution in [0.2, 0.25) is 0 Å². The van der Waals surface area contributed by atoms with Gasteiger partial charge in [-0.3, -0.25) is 10.1 Å². The van der Waals surface area contributed by atoms with Gasteiger partial charge < -0.3 is 14.0 Å². The van der Waals surface area contributed by atoms with Crippen molar-refractivity contribution in [3.8, 4) is 11.5 Å². The van der Waals surface area contributed by atoms with Crippen LogP contribution in [0.3, 0.4) is 0 Å². The van der Waals surface area contributed by atoms with Crippen LogP contribution in [-0.4, -0.2) is 23.3 Å². The van der Waals surface area contributed by atoms with E-state index in [2.05, 4.69) is 9.89 Å². The summed E-state index contributed by atoms with van der Waals surface area (Å²) < 4.78 is 39.1. The van der Waals surface area contributed by atoms with E-state index in [9.17, 15) is 18.9 Å². The van der Waals surface area contributed by atoms with Crippen molar-refractivity contribution in [2.75, 3.05) is 6.61 Å². The number of rotatable bonds is 7. The lowest BCUT2D eigenvalue weighted by Gasteiger charge is -2.11. The Morgan fingerprint density at radius 2 is 2.12 bits per heavy atom. The molecule has 0 N–H and O–H groups in total. The lowest BCUT2D eigenvalue weighted by atomic mass is 10.1. The molecule has 0 atom stereocenters. The fourth-order valence-electron chi connectivity index (χ4n) is 1.98. The summed E-state index contributed by atoms with van der Waals surface area (Å²) in [5, 5.41) is 14.6. The van der Waals surface area contributed by atoms with Crippen molar-refractivity contribution in [2.24, 2.45) is 0 Å². The molecule has 0 amide bonds.